The van der Waals surface area contributed by atoms with Gasteiger partial charge in [0.2, 0.25) is 10.0 Å². The van der Waals surface area contributed by atoms with E-state index in [2.05, 4.69) is 4.72 Å². The summed E-state index contributed by atoms with van der Waals surface area (Å²) < 4.78 is 38.7. The van der Waals surface area contributed by atoms with Crippen LogP contribution in [0.15, 0.2) is 24.3 Å². The van der Waals surface area contributed by atoms with Crippen LogP contribution in [0.3, 0.4) is 0 Å². The van der Waals surface area contributed by atoms with Crippen molar-refractivity contribution in [2.45, 2.75) is 30.7 Å². The predicted octanol–water partition coefficient (Wildman–Crippen LogP) is 0.735. The fraction of sp³-hybridized carbons (Fsp3) is 0.455. The Labute approximate surface area is 100 Å². The van der Waals surface area contributed by atoms with Crippen molar-refractivity contribution < 1.29 is 12.8 Å². The fourth-order valence-electron chi connectivity index (χ4n) is 1.85. The van der Waals surface area contributed by atoms with Crippen LogP contribution in [0.1, 0.15) is 18.4 Å². The van der Waals surface area contributed by atoms with Gasteiger partial charge in [-0.15, -0.1) is 0 Å². The number of nitrogens with one attached hydrogen (secondary N) is 1. The van der Waals surface area contributed by atoms with Gasteiger partial charge in [0.05, 0.1) is 5.75 Å². The van der Waals surface area contributed by atoms with Gasteiger partial charge in [0.15, 0.2) is 0 Å². The molecule has 6 heteroatoms. The zero-order valence-electron chi connectivity index (χ0n) is 9.27. The van der Waals surface area contributed by atoms with Crippen LogP contribution in [0, 0.1) is 5.82 Å². The van der Waals surface area contributed by atoms with Crippen molar-refractivity contribution in [1.29, 1.82) is 0 Å². The van der Waals surface area contributed by atoms with Gasteiger partial charge in [-0.05, 0) is 30.5 Å². The maximum absolute atomic E-state index is 12.7. The maximum atomic E-state index is 12.7. The summed E-state index contributed by atoms with van der Waals surface area (Å²) in [6, 6.07) is 5.51. The quantitative estimate of drug-likeness (QED) is 0.836. The van der Waals surface area contributed by atoms with Crippen LogP contribution in [0.4, 0.5) is 4.39 Å². The molecule has 94 valence electrons. The Hall–Kier alpha value is -0.980. The highest BCUT2D eigenvalue weighted by Crippen LogP contribution is 2.19. The molecule has 1 aliphatic rings. The van der Waals surface area contributed by atoms with Gasteiger partial charge in [0.25, 0.3) is 0 Å². The minimum atomic E-state index is -3.36. The van der Waals surface area contributed by atoms with Crippen molar-refractivity contribution in [3.63, 3.8) is 0 Å². The van der Waals surface area contributed by atoms with Crippen molar-refractivity contribution in [3.8, 4) is 0 Å². The molecule has 0 unspecified atom stereocenters. The van der Waals surface area contributed by atoms with E-state index < -0.39 is 10.0 Å². The minimum absolute atomic E-state index is 0.0459. The molecular weight excluding hydrogens is 243 g/mol. The van der Waals surface area contributed by atoms with Gasteiger partial charge in [-0.2, -0.15) is 0 Å². The lowest BCUT2D eigenvalue weighted by Gasteiger charge is -2.32. The standard InChI is InChI=1S/C11H15FN2O2S/c12-9-3-1-8(2-4-9)7-17(15,16)14-11-5-10(13)6-11/h1-4,10-11,14H,5-7,13H2. The van der Waals surface area contributed by atoms with Gasteiger partial charge < -0.3 is 5.73 Å². The molecule has 3 N–H and O–H groups in total. The SMILES string of the molecule is NC1CC(NS(=O)(=O)Cc2ccc(F)cc2)C1. The molecule has 1 aliphatic carbocycles. The first-order valence-electron chi connectivity index (χ1n) is 5.45. The van der Waals surface area contributed by atoms with Crippen LogP contribution >= 0.6 is 0 Å². The van der Waals surface area contributed by atoms with Gasteiger partial charge >= 0.3 is 0 Å². The first kappa shape index (κ1) is 12.5. The number of rotatable bonds is 4. The van der Waals surface area contributed by atoms with E-state index in [-0.39, 0.29) is 23.7 Å². The van der Waals surface area contributed by atoms with Gasteiger partial charge in [-0.1, -0.05) is 12.1 Å². The molecule has 4 nitrogen and oxygen atoms in total. The zero-order valence-corrected chi connectivity index (χ0v) is 10.1. The second-order valence-corrected chi connectivity index (χ2v) is 6.19. The van der Waals surface area contributed by atoms with E-state index in [1.165, 1.54) is 24.3 Å². The molecule has 0 heterocycles. The molecule has 0 amide bonds. The lowest BCUT2D eigenvalue weighted by atomic mass is 9.89. The van der Waals surface area contributed by atoms with Crippen molar-refractivity contribution in [2.24, 2.45) is 5.73 Å². The van der Waals surface area contributed by atoms with Crippen LogP contribution in [-0.4, -0.2) is 20.5 Å². The highest BCUT2D eigenvalue weighted by Gasteiger charge is 2.29. The Morgan fingerprint density at radius 2 is 1.88 bits per heavy atom. The van der Waals surface area contributed by atoms with Crippen molar-refractivity contribution in [3.05, 3.63) is 35.6 Å². The molecule has 0 radical (unpaired) electrons. The van der Waals surface area contributed by atoms with E-state index in [4.69, 9.17) is 5.73 Å². The summed E-state index contributed by atoms with van der Waals surface area (Å²) >= 11 is 0. The molecule has 0 aromatic heterocycles. The number of benzene rings is 1. The molecule has 1 aromatic carbocycles. The van der Waals surface area contributed by atoms with Crippen LogP contribution < -0.4 is 10.5 Å². The summed E-state index contributed by atoms with van der Waals surface area (Å²) in [5, 5.41) is 0. The summed E-state index contributed by atoms with van der Waals surface area (Å²) in [5.41, 5.74) is 6.15. The Bertz CT molecular complexity index is 481. The minimum Gasteiger partial charge on any atom is -0.328 e. The summed E-state index contributed by atoms with van der Waals surface area (Å²) in [5.74, 6) is -0.497. The highest BCUT2D eigenvalue weighted by molar-refractivity contribution is 7.88. The first-order valence-corrected chi connectivity index (χ1v) is 7.10. The number of hydrogen-bond donors (Lipinski definition) is 2. The molecular formula is C11H15FN2O2S. The summed E-state index contributed by atoms with van der Waals surface area (Å²) in [7, 11) is -3.36. The van der Waals surface area contributed by atoms with E-state index in [0.717, 1.165) is 0 Å². The van der Waals surface area contributed by atoms with E-state index in [0.29, 0.717) is 18.4 Å². The molecule has 0 bridgehead atoms. The third kappa shape index (κ3) is 3.49. The largest absolute Gasteiger partial charge is 0.328 e. The topological polar surface area (TPSA) is 72.2 Å². The molecule has 1 fully saturated rings. The van der Waals surface area contributed by atoms with Crippen LogP contribution in [0.2, 0.25) is 0 Å². The smallest absolute Gasteiger partial charge is 0.216 e. The normalized spacial score (nSPS) is 24.4. The monoisotopic (exact) mass is 258 g/mol. The fourth-order valence-corrected chi connectivity index (χ4v) is 3.27. The maximum Gasteiger partial charge on any atom is 0.216 e. The third-order valence-corrected chi connectivity index (χ3v) is 4.20. The van der Waals surface area contributed by atoms with E-state index in [1.54, 1.807) is 0 Å². The number of nitrogens with two attached hydrogens (primary N) is 1. The summed E-state index contributed by atoms with van der Waals surface area (Å²) in [4.78, 5) is 0. The van der Waals surface area contributed by atoms with Gasteiger partial charge in [-0.25, -0.2) is 17.5 Å². The number of sulfonamides is 1. The average molecular weight is 258 g/mol. The van der Waals surface area contributed by atoms with Gasteiger partial charge in [0, 0.05) is 12.1 Å². The molecule has 0 spiro atoms. The van der Waals surface area contributed by atoms with Crippen LogP contribution in [0.5, 0.6) is 0 Å². The second kappa shape index (κ2) is 4.72. The third-order valence-electron chi connectivity index (χ3n) is 2.79. The van der Waals surface area contributed by atoms with Crippen LogP contribution in [-0.2, 0) is 15.8 Å². The summed E-state index contributed by atoms with van der Waals surface area (Å²) in [6.45, 7) is 0. The van der Waals surface area contributed by atoms with Crippen LogP contribution in [0.25, 0.3) is 0 Å². The van der Waals surface area contributed by atoms with E-state index in [1.807, 2.05) is 0 Å². The molecule has 0 atom stereocenters. The first-order chi connectivity index (χ1) is 7.94. The second-order valence-electron chi connectivity index (χ2n) is 4.43. The molecule has 1 saturated carbocycles. The number of hydrogen-bond acceptors (Lipinski definition) is 3. The Balaban J connectivity index is 1.95. The predicted molar refractivity (Wildman–Crippen MR) is 63.2 cm³/mol. The van der Waals surface area contributed by atoms with Gasteiger partial charge in [-0.3, -0.25) is 0 Å². The molecule has 17 heavy (non-hydrogen) atoms. The lowest BCUT2D eigenvalue weighted by Crippen LogP contribution is -2.50. The highest BCUT2D eigenvalue weighted by atomic mass is 32.2. The molecule has 0 saturated heterocycles. The summed E-state index contributed by atoms with van der Waals surface area (Å²) in [6.07, 6.45) is 1.37. The lowest BCUT2D eigenvalue weighted by molar-refractivity contribution is 0.327. The van der Waals surface area contributed by atoms with Crippen molar-refractivity contribution >= 4 is 10.0 Å². The van der Waals surface area contributed by atoms with E-state index in [9.17, 15) is 12.8 Å². The van der Waals surface area contributed by atoms with Crippen molar-refractivity contribution in [1.82, 2.24) is 4.72 Å². The zero-order chi connectivity index (χ0) is 12.5. The Morgan fingerprint density at radius 1 is 1.29 bits per heavy atom. The van der Waals surface area contributed by atoms with Crippen molar-refractivity contribution in [2.75, 3.05) is 0 Å². The number of halogens is 1. The Kier molecular flexibility index (Phi) is 3.46. The van der Waals surface area contributed by atoms with Gasteiger partial charge in [0.1, 0.15) is 5.82 Å². The Morgan fingerprint density at radius 3 is 2.41 bits per heavy atom. The van der Waals surface area contributed by atoms with E-state index >= 15 is 0 Å². The molecule has 0 aliphatic heterocycles. The molecule has 2 rings (SSSR count). The average Bonchev–Trinajstić information content (AvgIpc) is 2.18. The molecule has 1 aromatic rings.